The highest BCUT2D eigenvalue weighted by molar-refractivity contribution is 6.39. The number of piperidine rings is 1. The van der Waals surface area contributed by atoms with Crippen molar-refractivity contribution in [3.63, 3.8) is 0 Å². The van der Waals surface area contributed by atoms with E-state index in [2.05, 4.69) is 0 Å². The molecule has 2 bridgehead atoms. The van der Waals surface area contributed by atoms with Gasteiger partial charge in [0.1, 0.15) is 30.1 Å². The van der Waals surface area contributed by atoms with Gasteiger partial charge >= 0.3 is 5.97 Å². The number of esters is 1. The number of carbonyl (C=O) groups is 5. The van der Waals surface area contributed by atoms with Crippen molar-refractivity contribution < 1.29 is 67.7 Å². The number of ketones is 3. The highest BCUT2D eigenvalue weighted by atomic mass is 16.6. The molecular weight excluding hydrogens is 875 g/mol. The fraction of sp³-hybridized carbons (Fsp3) is 0.755. The number of allylic oxidation sites excluding steroid dienone is 6. The van der Waals surface area contributed by atoms with Crippen LogP contribution in [0.4, 0.5) is 0 Å². The smallest absolute Gasteiger partial charge is 0.329 e. The van der Waals surface area contributed by atoms with Crippen LogP contribution in [-0.4, -0.2) is 145 Å². The number of nitrogens with zero attached hydrogens (tertiary/aromatic N) is 1. The van der Waals surface area contributed by atoms with Gasteiger partial charge in [-0.1, -0.05) is 71.1 Å². The van der Waals surface area contributed by atoms with Crippen LogP contribution in [0.1, 0.15) is 126 Å². The summed E-state index contributed by atoms with van der Waals surface area (Å²) in [4.78, 5) is 72.1. The second-order valence-corrected chi connectivity index (χ2v) is 20.2. The van der Waals surface area contributed by atoms with Gasteiger partial charge in [0, 0.05) is 58.5 Å². The van der Waals surface area contributed by atoms with Gasteiger partial charge in [-0.05, 0) is 107 Å². The van der Waals surface area contributed by atoms with Crippen molar-refractivity contribution in [2.24, 2.45) is 35.5 Å². The molecule has 0 spiro atoms. The second kappa shape index (κ2) is 27.3. The van der Waals surface area contributed by atoms with E-state index in [9.17, 15) is 39.3 Å². The molecule has 15 atom stereocenters. The van der Waals surface area contributed by atoms with Crippen LogP contribution in [0.25, 0.3) is 0 Å². The van der Waals surface area contributed by atoms with Crippen LogP contribution in [-0.2, 0) is 52.4 Å². The topological polar surface area (TPSA) is 205 Å². The molecule has 384 valence electrons. The minimum atomic E-state index is -2.43. The van der Waals surface area contributed by atoms with Gasteiger partial charge in [-0.25, -0.2) is 4.79 Å². The van der Waals surface area contributed by atoms with Crippen LogP contribution in [0.2, 0.25) is 0 Å². The molecule has 15 heteroatoms. The summed E-state index contributed by atoms with van der Waals surface area (Å²) in [5, 5.41) is 32.8. The van der Waals surface area contributed by atoms with Crippen molar-refractivity contribution in [1.29, 1.82) is 0 Å². The molecule has 3 heterocycles. The SMILES string of the molecule is CO[C@H]1C[C@@H]2CC[C@@H](C)[C@@](O)(O2)C(=O)C(=O)N2CCCC[C@H]2C(=O)O[C@H]([C@H](C)C[C@@H]2CC[C@@H](OCCO)[C@H](OC)C2)CC(=O)[C@H](C)/C=C(\C)[C@@H](O)[C@@H](OC)C(=O)[C@H](C)C[C@H](C)\C=C/C=C\C=C/1C. The highest BCUT2D eigenvalue weighted by Gasteiger charge is 2.53. The Balaban J connectivity index is 1.70. The van der Waals surface area contributed by atoms with E-state index >= 15 is 0 Å². The van der Waals surface area contributed by atoms with Gasteiger partial charge in [0.2, 0.25) is 5.79 Å². The summed E-state index contributed by atoms with van der Waals surface area (Å²) in [7, 11) is 4.58. The summed E-state index contributed by atoms with van der Waals surface area (Å²) >= 11 is 0. The summed E-state index contributed by atoms with van der Waals surface area (Å²) in [6.45, 7) is 12.9. The minimum Gasteiger partial charge on any atom is -0.460 e. The zero-order valence-electron chi connectivity index (χ0n) is 42.4. The number of amides is 1. The van der Waals surface area contributed by atoms with Gasteiger partial charge in [0.15, 0.2) is 5.78 Å². The number of ether oxygens (including phenoxy) is 6. The first kappa shape index (κ1) is 57.2. The summed E-state index contributed by atoms with van der Waals surface area (Å²) in [6, 6.07) is -1.14. The van der Waals surface area contributed by atoms with Crippen molar-refractivity contribution in [2.75, 3.05) is 41.1 Å². The molecule has 0 radical (unpaired) electrons. The molecule has 68 heavy (non-hydrogen) atoms. The maximum atomic E-state index is 14.5. The second-order valence-electron chi connectivity index (χ2n) is 20.2. The number of hydrogen-bond donors (Lipinski definition) is 3. The predicted octanol–water partition coefficient (Wildman–Crippen LogP) is 6.20. The Kier molecular flexibility index (Phi) is 22.9. The van der Waals surface area contributed by atoms with Crippen LogP contribution in [0.5, 0.6) is 0 Å². The molecule has 1 aliphatic carbocycles. The van der Waals surface area contributed by atoms with Gasteiger partial charge < -0.3 is 48.6 Å². The van der Waals surface area contributed by atoms with Crippen molar-refractivity contribution in [3.05, 3.63) is 47.6 Å². The Morgan fingerprint density at radius 3 is 2.26 bits per heavy atom. The van der Waals surface area contributed by atoms with E-state index in [0.29, 0.717) is 63.4 Å². The summed E-state index contributed by atoms with van der Waals surface area (Å²) in [5.74, 6) is -7.96. The molecule has 4 aliphatic rings. The standard InChI is InChI=1S/C53H83NO14/c1-32-16-12-11-13-17-33(2)44(63-8)30-40-21-19-38(7)53(62,68-40)50(59)51(60)54-23-15-14-18-41(54)52(61)67-45(35(4)28-39-20-22-43(66-25-24-55)46(29-39)64-9)31-42(56)34(3)27-37(6)48(58)49(65-10)47(57)36(5)26-32/h11-13,16-17,27,32,34-36,38-41,43-46,48-49,55,58,62H,14-15,18-26,28-31H2,1-10H3/b13-11-,16-12-,33-17-,37-27+/t32-,34-,35-,36-,38-,39+,40+,41+,43-,44+,45+,46-,48-,49+,53-/m1/s1. The number of aliphatic hydroxyl groups excluding tert-OH is 2. The van der Waals surface area contributed by atoms with E-state index in [0.717, 1.165) is 12.0 Å². The van der Waals surface area contributed by atoms with Gasteiger partial charge in [0.25, 0.3) is 11.7 Å². The lowest BCUT2D eigenvalue weighted by atomic mass is 9.78. The first-order chi connectivity index (χ1) is 32.3. The average Bonchev–Trinajstić information content (AvgIpc) is 3.32. The Morgan fingerprint density at radius 2 is 1.59 bits per heavy atom. The molecule has 4 rings (SSSR count). The molecule has 0 unspecified atom stereocenters. The minimum absolute atomic E-state index is 0.0158. The van der Waals surface area contributed by atoms with Crippen molar-refractivity contribution in [3.8, 4) is 0 Å². The van der Waals surface area contributed by atoms with Crippen LogP contribution in [0.15, 0.2) is 47.6 Å². The monoisotopic (exact) mass is 958 g/mol. The van der Waals surface area contributed by atoms with E-state index in [1.165, 1.54) is 12.0 Å². The molecule has 0 aromatic heterocycles. The molecule has 1 amide bonds. The maximum absolute atomic E-state index is 14.5. The van der Waals surface area contributed by atoms with E-state index < -0.39 is 77.8 Å². The molecule has 3 fully saturated rings. The molecule has 0 aromatic carbocycles. The largest absolute Gasteiger partial charge is 0.460 e. The third-order valence-corrected chi connectivity index (χ3v) is 14.9. The van der Waals surface area contributed by atoms with Crippen LogP contribution in [0, 0.1) is 35.5 Å². The lowest BCUT2D eigenvalue weighted by Gasteiger charge is -2.42. The highest BCUT2D eigenvalue weighted by Crippen LogP contribution is 2.38. The average molecular weight is 958 g/mol. The zero-order chi connectivity index (χ0) is 50.3. The van der Waals surface area contributed by atoms with Crippen LogP contribution < -0.4 is 0 Å². The number of Topliss-reactive ketones (excluding diaryl/α,β-unsaturated/α-hetero) is 3. The van der Waals surface area contributed by atoms with Crippen molar-refractivity contribution in [1.82, 2.24) is 4.90 Å². The molecule has 3 aliphatic heterocycles. The molecule has 15 nitrogen and oxygen atoms in total. The molecular formula is C53H83NO14. The fourth-order valence-corrected chi connectivity index (χ4v) is 10.5. The number of carbonyl (C=O) groups excluding carboxylic acids is 5. The Morgan fingerprint density at radius 1 is 0.853 bits per heavy atom. The van der Waals surface area contributed by atoms with Gasteiger partial charge in [0.05, 0.1) is 37.6 Å². The van der Waals surface area contributed by atoms with Crippen molar-refractivity contribution in [2.45, 2.75) is 180 Å². The molecule has 0 aromatic rings. The van der Waals surface area contributed by atoms with E-state index in [-0.39, 0.29) is 74.1 Å². The summed E-state index contributed by atoms with van der Waals surface area (Å²) in [6.07, 6.45) is 12.0. The lowest BCUT2D eigenvalue weighted by molar-refractivity contribution is -0.265. The predicted molar refractivity (Wildman–Crippen MR) is 256 cm³/mol. The molecule has 1 saturated carbocycles. The normalized spacial score (nSPS) is 39.2. The maximum Gasteiger partial charge on any atom is 0.329 e. The van der Waals surface area contributed by atoms with E-state index in [1.807, 2.05) is 58.1 Å². The summed E-state index contributed by atoms with van der Waals surface area (Å²) in [5.41, 5.74) is 1.26. The quantitative estimate of drug-likeness (QED) is 0.134. The number of aliphatic hydroxyl groups is 3. The fourth-order valence-electron chi connectivity index (χ4n) is 10.5. The zero-order valence-corrected chi connectivity index (χ0v) is 42.4. The summed E-state index contributed by atoms with van der Waals surface area (Å²) < 4.78 is 35.6. The lowest BCUT2D eigenvalue weighted by Crippen LogP contribution is -2.61. The third-order valence-electron chi connectivity index (χ3n) is 14.9. The Labute approximate surface area is 405 Å². The van der Waals surface area contributed by atoms with Crippen LogP contribution >= 0.6 is 0 Å². The molecule has 3 N–H and O–H groups in total. The van der Waals surface area contributed by atoms with Gasteiger partial charge in [-0.15, -0.1) is 0 Å². The van der Waals surface area contributed by atoms with Crippen LogP contribution in [0.3, 0.4) is 0 Å². The Hall–Kier alpha value is -3.41. The van der Waals surface area contributed by atoms with E-state index in [1.54, 1.807) is 41.1 Å². The first-order valence-corrected chi connectivity index (χ1v) is 25.0. The molecule has 2 saturated heterocycles. The number of hydrogen-bond acceptors (Lipinski definition) is 14. The Bertz CT molecular complexity index is 1810. The number of methoxy groups -OCH3 is 3. The first-order valence-electron chi connectivity index (χ1n) is 25.0. The van der Waals surface area contributed by atoms with Crippen molar-refractivity contribution >= 4 is 29.2 Å². The third kappa shape index (κ3) is 15.3. The van der Waals surface area contributed by atoms with Gasteiger partial charge in [-0.3, -0.25) is 19.2 Å². The number of fused-ring (bicyclic) bond motifs is 3. The number of cyclic esters (lactones) is 1. The van der Waals surface area contributed by atoms with E-state index in [4.69, 9.17) is 28.4 Å². The number of rotatable bonds is 9. The van der Waals surface area contributed by atoms with Gasteiger partial charge in [-0.2, -0.15) is 0 Å².